The third-order valence-corrected chi connectivity index (χ3v) is 5.95. The summed E-state index contributed by atoms with van der Waals surface area (Å²) in [6.07, 6.45) is 6.12. The average molecular weight is 440 g/mol. The molecule has 0 unspecified atom stereocenters. The SMILES string of the molecule is COC(=O)CCCN1C(=S)N[C@H](c2ccccn2)[C@@H]1c1cc(C)n(-n2cnnc2)c1C. The van der Waals surface area contributed by atoms with E-state index < -0.39 is 0 Å². The van der Waals surface area contributed by atoms with Crippen LogP contribution < -0.4 is 5.32 Å². The minimum atomic E-state index is -0.221. The van der Waals surface area contributed by atoms with Crippen LogP contribution in [0.15, 0.2) is 43.1 Å². The number of ether oxygens (including phenoxy) is 1. The van der Waals surface area contributed by atoms with Gasteiger partial charge >= 0.3 is 5.97 Å². The Bertz CT molecular complexity index is 1070. The summed E-state index contributed by atoms with van der Waals surface area (Å²) in [5.74, 6) is -0.221. The number of nitrogens with zero attached hydrogens (tertiary/aromatic N) is 6. The Kier molecular flexibility index (Phi) is 5.99. The molecule has 1 aliphatic rings. The van der Waals surface area contributed by atoms with Crippen molar-refractivity contribution in [3.05, 3.63) is 65.8 Å². The first-order valence-corrected chi connectivity index (χ1v) is 10.5. The molecule has 1 aliphatic heterocycles. The van der Waals surface area contributed by atoms with Crippen LogP contribution >= 0.6 is 12.2 Å². The van der Waals surface area contributed by atoms with E-state index in [9.17, 15) is 4.79 Å². The van der Waals surface area contributed by atoms with Gasteiger partial charge < -0.3 is 15.0 Å². The van der Waals surface area contributed by atoms with Gasteiger partial charge in [0.2, 0.25) is 0 Å². The monoisotopic (exact) mass is 439 g/mol. The fourth-order valence-corrected chi connectivity index (χ4v) is 4.54. The van der Waals surface area contributed by atoms with Crippen LogP contribution in [-0.4, -0.2) is 54.2 Å². The van der Waals surface area contributed by atoms with Crippen LogP contribution in [0.5, 0.6) is 0 Å². The summed E-state index contributed by atoms with van der Waals surface area (Å²) in [6, 6.07) is 7.86. The van der Waals surface area contributed by atoms with Crippen LogP contribution in [0.4, 0.5) is 0 Å². The number of thiocarbonyl (C=S) groups is 1. The van der Waals surface area contributed by atoms with Crippen LogP contribution in [0.3, 0.4) is 0 Å². The highest BCUT2D eigenvalue weighted by atomic mass is 32.1. The third kappa shape index (κ3) is 4.02. The molecule has 0 saturated carbocycles. The molecule has 0 aliphatic carbocycles. The number of nitrogens with one attached hydrogen (secondary N) is 1. The van der Waals surface area contributed by atoms with Crippen molar-refractivity contribution in [1.82, 2.24) is 34.8 Å². The van der Waals surface area contributed by atoms with Crippen molar-refractivity contribution >= 4 is 23.3 Å². The van der Waals surface area contributed by atoms with Crippen molar-refractivity contribution in [2.75, 3.05) is 13.7 Å². The summed E-state index contributed by atoms with van der Waals surface area (Å²) in [4.78, 5) is 18.4. The second kappa shape index (κ2) is 8.84. The van der Waals surface area contributed by atoms with E-state index in [-0.39, 0.29) is 18.1 Å². The van der Waals surface area contributed by atoms with Crippen molar-refractivity contribution in [1.29, 1.82) is 0 Å². The van der Waals surface area contributed by atoms with E-state index in [1.165, 1.54) is 7.11 Å². The molecular formula is C21H25N7O2S. The maximum absolute atomic E-state index is 11.6. The van der Waals surface area contributed by atoms with Gasteiger partial charge in [0.15, 0.2) is 5.11 Å². The molecule has 0 radical (unpaired) electrons. The van der Waals surface area contributed by atoms with Gasteiger partial charge in [-0.2, -0.15) is 0 Å². The van der Waals surface area contributed by atoms with E-state index in [2.05, 4.69) is 50.0 Å². The molecule has 4 rings (SSSR count). The number of pyridine rings is 1. The number of rotatable bonds is 7. The Labute approximate surface area is 186 Å². The molecule has 31 heavy (non-hydrogen) atoms. The molecule has 9 nitrogen and oxygen atoms in total. The van der Waals surface area contributed by atoms with E-state index >= 15 is 0 Å². The molecule has 0 spiro atoms. The Morgan fingerprint density at radius 2 is 2.03 bits per heavy atom. The lowest BCUT2D eigenvalue weighted by Gasteiger charge is -2.28. The molecule has 0 bridgehead atoms. The average Bonchev–Trinajstić information content (AvgIpc) is 3.47. The van der Waals surface area contributed by atoms with Gasteiger partial charge in [-0.05, 0) is 50.7 Å². The van der Waals surface area contributed by atoms with E-state index in [4.69, 9.17) is 17.0 Å². The molecular weight excluding hydrogens is 414 g/mol. The van der Waals surface area contributed by atoms with Crippen molar-refractivity contribution in [2.45, 2.75) is 38.8 Å². The molecule has 2 atom stereocenters. The molecule has 1 saturated heterocycles. The maximum atomic E-state index is 11.6. The Morgan fingerprint density at radius 1 is 1.26 bits per heavy atom. The number of carbonyl (C=O) groups excluding carboxylic acids is 1. The van der Waals surface area contributed by atoms with Crippen LogP contribution in [0.25, 0.3) is 0 Å². The first-order valence-electron chi connectivity index (χ1n) is 10.1. The molecule has 162 valence electrons. The standard InChI is InChI=1S/C21H25N7O2S/c1-14-11-16(15(2)28(14)26-12-23-24-13-26)20-19(17-7-4-5-9-22-17)25-21(31)27(20)10-6-8-18(29)30-3/h4-5,7,9,11-13,19-20H,6,8,10H2,1-3H3,(H,25,31)/t19-,20+/m1/s1. The molecule has 4 heterocycles. The lowest BCUT2D eigenvalue weighted by molar-refractivity contribution is -0.140. The third-order valence-electron chi connectivity index (χ3n) is 5.60. The summed E-state index contributed by atoms with van der Waals surface area (Å²) < 4.78 is 8.71. The highest BCUT2D eigenvalue weighted by molar-refractivity contribution is 7.80. The van der Waals surface area contributed by atoms with Gasteiger partial charge in [0.05, 0.1) is 24.9 Å². The fourth-order valence-electron chi connectivity index (χ4n) is 4.21. The van der Waals surface area contributed by atoms with Gasteiger partial charge in [0, 0.05) is 36.1 Å². The van der Waals surface area contributed by atoms with Crippen LogP contribution in [0.1, 0.15) is 47.6 Å². The largest absolute Gasteiger partial charge is 0.469 e. The van der Waals surface area contributed by atoms with Crippen molar-refractivity contribution < 1.29 is 9.53 Å². The first kappa shape index (κ1) is 21.0. The zero-order valence-corrected chi connectivity index (χ0v) is 18.5. The Hall–Kier alpha value is -3.27. The molecule has 1 N–H and O–H groups in total. The smallest absolute Gasteiger partial charge is 0.305 e. The van der Waals surface area contributed by atoms with Gasteiger partial charge in [-0.15, -0.1) is 10.2 Å². The van der Waals surface area contributed by atoms with Gasteiger partial charge in [-0.1, -0.05) is 6.07 Å². The topological polar surface area (TPSA) is 90.1 Å². The number of hydrogen-bond acceptors (Lipinski definition) is 6. The van der Waals surface area contributed by atoms with Crippen molar-refractivity contribution in [2.24, 2.45) is 0 Å². The van der Waals surface area contributed by atoms with Crippen molar-refractivity contribution in [3.8, 4) is 0 Å². The summed E-state index contributed by atoms with van der Waals surface area (Å²) in [5, 5.41) is 12.0. The minimum Gasteiger partial charge on any atom is -0.469 e. The fraction of sp³-hybridized carbons (Fsp3) is 0.381. The maximum Gasteiger partial charge on any atom is 0.305 e. The van der Waals surface area contributed by atoms with Crippen LogP contribution in [0.2, 0.25) is 0 Å². The summed E-state index contributed by atoms with van der Waals surface area (Å²) in [7, 11) is 1.41. The van der Waals surface area contributed by atoms with Gasteiger partial charge in [-0.3, -0.25) is 14.5 Å². The molecule has 0 amide bonds. The Balaban J connectivity index is 1.73. The lowest BCUT2D eigenvalue weighted by Crippen LogP contribution is -2.31. The Morgan fingerprint density at radius 3 is 2.71 bits per heavy atom. The number of aryl methyl sites for hydroxylation is 1. The van der Waals surface area contributed by atoms with Crippen molar-refractivity contribution in [3.63, 3.8) is 0 Å². The molecule has 0 aromatic carbocycles. The second-order valence-electron chi connectivity index (χ2n) is 7.48. The summed E-state index contributed by atoms with van der Waals surface area (Å²) in [6.45, 7) is 4.76. The van der Waals surface area contributed by atoms with Crippen LogP contribution in [-0.2, 0) is 9.53 Å². The molecule has 1 fully saturated rings. The highest BCUT2D eigenvalue weighted by Gasteiger charge is 2.41. The normalized spacial score (nSPS) is 18.3. The number of methoxy groups -OCH3 is 1. The summed E-state index contributed by atoms with van der Waals surface area (Å²) >= 11 is 5.70. The first-order chi connectivity index (χ1) is 15.0. The second-order valence-corrected chi connectivity index (χ2v) is 7.87. The molecule has 10 heteroatoms. The quantitative estimate of drug-likeness (QED) is 0.443. The predicted molar refractivity (Wildman–Crippen MR) is 118 cm³/mol. The highest BCUT2D eigenvalue weighted by Crippen LogP contribution is 2.40. The van der Waals surface area contributed by atoms with Gasteiger partial charge in [0.25, 0.3) is 0 Å². The predicted octanol–water partition coefficient (Wildman–Crippen LogP) is 2.33. The number of esters is 1. The van der Waals surface area contributed by atoms with Crippen LogP contribution in [0, 0.1) is 13.8 Å². The molecule has 3 aromatic rings. The zero-order valence-electron chi connectivity index (χ0n) is 17.7. The van der Waals surface area contributed by atoms with E-state index in [1.807, 2.05) is 22.9 Å². The van der Waals surface area contributed by atoms with E-state index in [1.54, 1.807) is 18.9 Å². The van der Waals surface area contributed by atoms with Gasteiger partial charge in [-0.25, -0.2) is 4.68 Å². The van der Waals surface area contributed by atoms with E-state index in [0.717, 1.165) is 22.6 Å². The summed E-state index contributed by atoms with van der Waals surface area (Å²) in [5.41, 5.74) is 4.17. The van der Waals surface area contributed by atoms with Gasteiger partial charge in [0.1, 0.15) is 12.7 Å². The van der Waals surface area contributed by atoms with E-state index in [0.29, 0.717) is 24.5 Å². The zero-order chi connectivity index (χ0) is 22.0. The number of aromatic nitrogens is 5. The molecule has 3 aromatic heterocycles. The number of hydrogen-bond donors (Lipinski definition) is 1. The lowest BCUT2D eigenvalue weighted by atomic mass is 9.96. The minimum absolute atomic E-state index is 0.0727. The number of carbonyl (C=O) groups is 1.